The van der Waals surface area contributed by atoms with Crippen molar-refractivity contribution in [3.63, 3.8) is 0 Å². The van der Waals surface area contributed by atoms with Crippen LogP contribution in [0.4, 0.5) is 13.2 Å². The van der Waals surface area contributed by atoms with Gasteiger partial charge in [-0.1, -0.05) is 25.5 Å². The van der Waals surface area contributed by atoms with E-state index in [4.69, 9.17) is 0 Å². The van der Waals surface area contributed by atoms with Gasteiger partial charge in [0, 0.05) is 6.04 Å². The lowest BCUT2D eigenvalue weighted by Crippen LogP contribution is -2.39. The molecule has 0 saturated heterocycles. The fourth-order valence-electron chi connectivity index (χ4n) is 3.47. The molecule has 3 atom stereocenters. The van der Waals surface area contributed by atoms with E-state index in [0.717, 1.165) is 17.9 Å². The van der Waals surface area contributed by atoms with Crippen molar-refractivity contribution in [1.82, 2.24) is 5.32 Å². The summed E-state index contributed by atoms with van der Waals surface area (Å²) in [6.45, 7) is 2.22. The van der Waals surface area contributed by atoms with Gasteiger partial charge in [0.05, 0.1) is 5.56 Å². The Kier molecular flexibility index (Phi) is 5.31. The zero-order valence-corrected chi connectivity index (χ0v) is 12.7. The topological polar surface area (TPSA) is 12.0 Å². The van der Waals surface area contributed by atoms with Gasteiger partial charge >= 0.3 is 6.18 Å². The molecule has 118 valence electrons. The molecular formula is C17H24F3N. The Bertz CT molecular complexity index is 438. The molecule has 1 aromatic rings. The molecule has 0 heterocycles. The molecule has 1 fully saturated rings. The number of hydrogen-bond donors (Lipinski definition) is 1. The summed E-state index contributed by atoms with van der Waals surface area (Å²) in [5.41, 5.74) is 0.441. The summed E-state index contributed by atoms with van der Waals surface area (Å²) in [4.78, 5) is 0. The minimum atomic E-state index is -4.25. The van der Waals surface area contributed by atoms with Gasteiger partial charge in [0.25, 0.3) is 0 Å². The first kappa shape index (κ1) is 16.3. The Labute approximate surface area is 124 Å². The Morgan fingerprint density at radius 2 is 1.81 bits per heavy atom. The van der Waals surface area contributed by atoms with E-state index in [1.165, 1.54) is 37.8 Å². The zero-order valence-electron chi connectivity index (χ0n) is 12.7. The maximum Gasteiger partial charge on any atom is 0.416 e. The van der Waals surface area contributed by atoms with Gasteiger partial charge in [0.1, 0.15) is 0 Å². The SMILES string of the molecule is CCC1CCC(NC)C(Cc2ccc(C(F)(F)F)cc2)C1. The molecule has 0 spiro atoms. The van der Waals surface area contributed by atoms with Crippen LogP contribution < -0.4 is 5.32 Å². The molecule has 0 aromatic heterocycles. The van der Waals surface area contributed by atoms with Crippen LogP contribution in [0.5, 0.6) is 0 Å². The van der Waals surface area contributed by atoms with Crippen molar-refractivity contribution in [2.75, 3.05) is 7.05 Å². The molecule has 1 nitrogen and oxygen atoms in total. The lowest BCUT2D eigenvalue weighted by molar-refractivity contribution is -0.137. The number of nitrogens with one attached hydrogen (secondary N) is 1. The third kappa shape index (κ3) is 4.22. The van der Waals surface area contributed by atoms with Crippen molar-refractivity contribution >= 4 is 0 Å². The van der Waals surface area contributed by atoms with Gasteiger partial charge in [-0.05, 0) is 62.3 Å². The number of alkyl halides is 3. The number of benzene rings is 1. The van der Waals surface area contributed by atoms with E-state index < -0.39 is 11.7 Å². The molecule has 2 rings (SSSR count). The average molecular weight is 299 g/mol. The minimum absolute atomic E-state index is 0.482. The van der Waals surface area contributed by atoms with Crippen LogP contribution in [0.15, 0.2) is 24.3 Å². The highest BCUT2D eigenvalue weighted by atomic mass is 19.4. The summed E-state index contributed by atoms with van der Waals surface area (Å²) in [6.07, 6.45) is 1.40. The third-order valence-electron chi connectivity index (χ3n) is 4.82. The highest BCUT2D eigenvalue weighted by Crippen LogP contribution is 2.34. The van der Waals surface area contributed by atoms with Gasteiger partial charge in [0.15, 0.2) is 0 Å². The summed E-state index contributed by atoms with van der Waals surface area (Å²) in [7, 11) is 1.98. The normalized spacial score (nSPS) is 26.8. The van der Waals surface area contributed by atoms with Gasteiger partial charge in [-0.25, -0.2) is 0 Å². The summed E-state index contributed by atoms with van der Waals surface area (Å²) in [6, 6.07) is 6.14. The maximum absolute atomic E-state index is 12.6. The number of halogens is 3. The smallest absolute Gasteiger partial charge is 0.317 e. The monoisotopic (exact) mass is 299 g/mol. The molecule has 0 aliphatic heterocycles. The fourth-order valence-corrected chi connectivity index (χ4v) is 3.47. The van der Waals surface area contributed by atoms with Crippen LogP contribution in [-0.2, 0) is 12.6 Å². The largest absolute Gasteiger partial charge is 0.416 e. The van der Waals surface area contributed by atoms with Crippen LogP contribution in [0.3, 0.4) is 0 Å². The van der Waals surface area contributed by atoms with E-state index in [0.29, 0.717) is 12.0 Å². The minimum Gasteiger partial charge on any atom is -0.317 e. The summed E-state index contributed by atoms with van der Waals surface area (Å²) in [5, 5.41) is 3.37. The van der Waals surface area contributed by atoms with Crippen LogP contribution >= 0.6 is 0 Å². The molecule has 1 aliphatic carbocycles. The Morgan fingerprint density at radius 3 is 2.33 bits per heavy atom. The first-order chi connectivity index (χ1) is 9.94. The molecule has 0 radical (unpaired) electrons. The molecule has 1 aliphatic rings. The summed E-state index contributed by atoms with van der Waals surface area (Å²) < 4.78 is 37.7. The van der Waals surface area contributed by atoms with E-state index in [2.05, 4.69) is 12.2 Å². The second kappa shape index (κ2) is 6.82. The highest BCUT2D eigenvalue weighted by molar-refractivity contribution is 5.25. The standard InChI is InChI=1S/C17H24F3N/c1-3-12-6-9-16(21-2)14(10-12)11-13-4-7-15(8-5-13)17(18,19)20/h4-5,7-8,12,14,16,21H,3,6,9-11H2,1-2H3. The molecule has 0 amide bonds. The number of hydrogen-bond acceptors (Lipinski definition) is 1. The van der Waals surface area contributed by atoms with E-state index in [9.17, 15) is 13.2 Å². The third-order valence-corrected chi connectivity index (χ3v) is 4.82. The van der Waals surface area contributed by atoms with Gasteiger partial charge < -0.3 is 5.32 Å². The molecule has 1 N–H and O–H groups in total. The Hall–Kier alpha value is -1.03. The van der Waals surface area contributed by atoms with Crippen LogP contribution in [-0.4, -0.2) is 13.1 Å². The van der Waals surface area contributed by atoms with Gasteiger partial charge in [-0.2, -0.15) is 13.2 Å². The lowest BCUT2D eigenvalue weighted by Gasteiger charge is -2.36. The summed E-state index contributed by atoms with van der Waals surface area (Å²) in [5.74, 6) is 1.28. The molecule has 1 aromatic carbocycles. The van der Waals surface area contributed by atoms with Crippen LogP contribution in [0.2, 0.25) is 0 Å². The highest BCUT2D eigenvalue weighted by Gasteiger charge is 2.31. The second-order valence-corrected chi connectivity index (χ2v) is 6.14. The van der Waals surface area contributed by atoms with Crippen molar-refractivity contribution in [1.29, 1.82) is 0 Å². The van der Waals surface area contributed by atoms with E-state index in [1.54, 1.807) is 12.1 Å². The van der Waals surface area contributed by atoms with Crippen molar-refractivity contribution in [3.05, 3.63) is 35.4 Å². The molecule has 0 bridgehead atoms. The molecule has 1 saturated carbocycles. The van der Waals surface area contributed by atoms with Crippen molar-refractivity contribution < 1.29 is 13.2 Å². The van der Waals surface area contributed by atoms with Crippen molar-refractivity contribution in [2.45, 2.75) is 51.2 Å². The molecule has 21 heavy (non-hydrogen) atoms. The Morgan fingerprint density at radius 1 is 1.14 bits per heavy atom. The molecule has 3 unspecified atom stereocenters. The predicted octanol–water partition coefficient (Wildman–Crippen LogP) is 4.66. The quantitative estimate of drug-likeness (QED) is 0.852. The molecular weight excluding hydrogens is 275 g/mol. The first-order valence-corrected chi connectivity index (χ1v) is 7.77. The van der Waals surface area contributed by atoms with Gasteiger partial charge in [-0.3, -0.25) is 0 Å². The van der Waals surface area contributed by atoms with E-state index >= 15 is 0 Å². The van der Waals surface area contributed by atoms with Gasteiger partial charge in [-0.15, -0.1) is 0 Å². The van der Waals surface area contributed by atoms with Crippen LogP contribution in [0.25, 0.3) is 0 Å². The zero-order chi connectivity index (χ0) is 15.5. The number of rotatable bonds is 4. The predicted molar refractivity (Wildman–Crippen MR) is 79.1 cm³/mol. The maximum atomic E-state index is 12.6. The lowest BCUT2D eigenvalue weighted by atomic mass is 9.74. The van der Waals surface area contributed by atoms with Crippen molar-refractivity contribution in [2.24, 2.45) is 11.8 Å². The van der Waals surface area contributed by atoms with E-state index in [1.807, 2.05) is 7.05 Å². The van der Waals surface area contributed by atoms with E-state index in [-0.39, 0.29) is 0 Å². The van der Waals surface area contributed by atoms with Crippen LogP contribution in [0, 0.1) is 11.8 Å². The fraction of sp³-hybridized carbons (Fsp3) is 0.647. The van der Waals surface area contributed by atoms with Crippen LogP contribution in [0.1, 0.15) is 43.7 Å². The first-order valence-electron chi connectivity index (χ1n) is 7.77. The molecule has 4 heteroatoms. The second-order valence-electron chi connectivity index (χ2n) is 6.14. The van der Waals surface area contributed by atoms with Gasteiger partial charge in [0.2, 0.25) is 0 Å². The summed E-state index contributed by atoms with van der Waals surface area (Å²) >= 11 is 0. The van der Waals surface area contributed by atoms with Crippen molar-refractivity contribution in [3.8, 4) is 0 Å². The Balaban J connectivity index is 2.05. The average Bonchev–Trinajstić information content (AvgIpc) is 2.46.